The van der Waals surface area contributed by atoms with Gasteiger partial charge in [-0.1, -0.05) is 23.7 Å². The molecule has 0 saturated carbocycles. The normalized spacial score (nSPS) is 15.5. The van der Waals surface area contributed by atoms with E-state index in [1.807, 2.05) is 30.3 Å². The van der Waals surface area contributed by atoms with Gasteiger partial charge in [0, 0.05) is 26.2 Å². The Morgan fingerprint density at radius 1 is 0.909 bits per heavy atom. The van der Waals surface area contributed by atoms with Gasteiger partial charge in [-0.05, 0) is 34.7 Å². The average molecular weight is 316 g/mol. The molecule has 0 atom stereocenters. The zero-order chi connectivity index (χ0) is 14.9. The number of para-hydroxylation sites is 1. The number of hydrogen-bond acceptors (Lipinski definition) is 6. The van der Waals surface area contributed by atoms with Gasteiger partial charge in [0.1, 0.15) is 0 Å². The first-order valence-corrected chi connectivity index (χ1v) is 7.49. The number of tetrazole rings is 1. The van der Waals surface area contributed by atoms with Gasteiger partial charge in [-0.25, -0.2) is 0 Å². The lowest BCUT2D eigenvalue weighted by Crippen LogP contribution is -2.47. The molecule has 1 fully saturated rings. The van der Waals surface area contributed by atoms with Gasteiger partial charge in [0.15, 0.2) is 11.5 Å². The third kappa shape index (κ3) is 2.33. The second-order valence-electron chi connectivity index (χ2n) is 5.14. The molecule has 1 aliphatic heterocycles. The van der Waals surface area contributed by atoms with Crippen LogP contribution in [0.25, 0.3) is 5.65 Å². The Morgan fingerprint density at radius 3 is 2.50 bits per heavy atom. The summed E-state index contributed by atoms with van der Waals surface area (Å²) in [7, 11) is 0. The number of hydrogen-bond donors (Lipinski definition) is 0. The molecule has 0 spiro atoms. The van der Waals surface area contributed by atoms with Crippen LogP contribution in [0.4, 0.5) is 11.5 Å². The Bertz CT molecular complexity index is 794. The molecule has 0 N–H and O–H groups in total. The van der Waals surface area contributed by atoms with Crippen LogP contribution in [0, 0.1) is 0 Å². The highest BCUT2D eigenvalue weighted by Crippen LogP contribution is 2.26. The second-order valence-corrected chi connectivity index (χ2v) is 5.55. The summed E-state index contributed by atoms with van der Waals surface area (Å²) < 4.78 is 1.45. The highest BCUT2D eigenvalue weighted by Gasteiger charge is 2.20. The Balaban J connectivity index is 1.50. The van der Waals surface area contributed by atoms with Crippen LogP contribution in [0.1, 0.15) is 0 Å². The summed E-state index contributed by atoms with van der Waals surface area (Å²) in [4.78, 5) is 4.53. The molecule has 7 nitrogen and oxygen atoms in total. The van der Waals surface area contributed by atoms with Crippen molar-refractivity contribution in [3.63, 3.8) is 0 Å². The molecule has 3 aromatic rings. The maximum atomic E-state index is 6.27. The molecule has 0 radical (unpaired) electrons. The van der Waals surface area contributed by atoms with Gasteiger partial charge in [0.25, 0.3) is 0 Å². The monoisotopic (exact) mass is 315 g/mol. The topological polar surface area (TPSA) is 62.5 Å². The summed E-state index contributed by atoms with van der Waals surface area (Å²) in [6.07, 6.45) is 0. The van der Waals surface area contributed by atoms with Crippen LogP contribution in [0.2, 0.25) is 5.02 Å². The summed E-state index contributed by atoms with van der Waals surface area (Å²) in [6, 6.07) is 11.8. The van der Waals surface area contributed by atoms with E-state index in [9.17, 15) is 0 Å². The van der Waals surface area contributed by atoms with Crippen molar-refractivity contribution < 1.29 is 0 Å². The molecule has 0 amide bonds. The van der Waals surface area contributed by atoms with Crippen LogP contribution in [0.15, 0.2) is 36.4 Å². The van der Waals surface area contributed by atoms with Crippen LogP contribution >= 0.6 is 11.6 Å². The third-order valence-corrected chi connectivity index (χ3v) is 4.17. The lowest BCUT2D eigenvalue weighted by molar-refractivity contribution is 0.633. The van der Waals surface area contributed by atoms with E-state index in [4.69, 9.17) is 11.6 Å². The smallest absolute Gasteiger partial charge is 0.200 e. The number of aromatic nitrogens is 5. The molecule has 4 rings (SSSR count). The van der Waals surface area contributed by atoms with Crippen molar-refractivity contribution in [2.24, 2.45) is 0 Å². The van der Waals surface area contributed by atoms with Gasteiger partial charge in [0.05, 0.1) is 10.7 Å². The van der Waals surface area contributed by atoms with E-state index in [-0.39, 0.29) is 0 Å². The first-order valence-electron chi connectivity index (χ1n) is 7.11. The van der Waals surface area contributed by atoms with Gasteiger partial charge in [0.2, 0.25) is 0 Å². The van der Waals surface area contributed by atoms with E-state index >= 15 is 0 Å². The largest absolute Gasteiger partial charge is 0.367 e. The number of piperazine rings is 1. The molecule has 3 heterocycles. The van der Waals surface area contributed by atoms with E-state index in [0.717, 1.165) is 42.7 Å². The summed E-state index contributed by atoms with van der Waals surface area (Å²) in [5.74, 6) is 0.888. The van der Waals surface area contributed by atoms with Gasteiger partial charge >= 0.3 is 0 Å². The van der Waals surface area contributed by atoms with Gasteiger partial charge in [-0.2, -0.15) is 0 Å². The number of anilines is 2. The lowest BCUT2D eigenvalue weighted by Gasteiger charge is -2.36. The highest BCUT2D eigenvalue weighted by atomic mass is 35.5. The summed E-state index contributed by atoms with van der Waals surface area (Å²) in [5, 5.41) is 16.5. The average Bonchev–Trinajstić information content (AvgIpc) is 3.03. The zero-order valence-electron chi connectivity index (χ0n) is 11.8. The first-order chi connectivity index (χ1) is 10.8. The molecule has 0 bridgehead atoms. The number of halogens is 1. The van der Waals surface area contributed by atoms with Crippen LogP contribution in [-0.2, 0) is 0 Å². The Kier molecular flexibility index (Phi) is 3.27. The predicted octanol–water partition coefficient (Wildman–Crippen LogP) is 1.50. The SMILES string of the molecule is Clc1ccccc1N1CCN(c2ccc3nnnn3n2)CC1. The van der Waals surface area contributed by atoms with Crippen molar-refractivity contribution in [3.05, 3.63) is 41.4 Å². The Morgan fingerprint density at radius 2 is 1.68 bits per heavy atom. The summed E-state index contributed by atoms with van der Waals surface area (Å²) >= 11 is 6.27. The fourth-order valence-electron chi connectivity index (χ4n) is 2.69. The first kappa shape index (κ1) is 13.3. The fraction of sp³-hybridized carbons (Fsp3) is 0.286. The van der Waals surface area contributed by atoms with E-state index < -0.39 is 0 Å². The molecule has 8 heteroatoms. The second kappa shape index (κ2) is 5.42. The molecule has 1 aromatic carbocycles. The minimum atomic E-state index is 0.651. The molecule has 1 aliphatic rings. The van der Waals surface area contributed by atoms with Crippen molar-refractivity contribution >= 4 is 28.8 Å². The highest BCUT2D eigenvalue weighted by molar-refractivity contribution is 6.33. The maximum Gasteiger partial charge on any atom is 0.200 e. The van der Waals surface area contributed by atoms with E-state index in [2.05, 4.69) is 36.5 Å². The standard InChI is InChI=1S/C14H14ClN7/c15-11-3-1-2-4-12(11)20-7-9-21(10-8-20)14-6-5-13-16-18-19-22(13)17-14/h1-6H,7-10H2. The quantitative estimate of drug-likeness (QED) is 0.714. The maximum absolute atomic E-state index is 6.27. The van der Waals surface area contributed by atoms with E-state index in [1.54, 1.807) is 0 Å². The third-order valence-electron chi connectivity index (χ3n) is 3.85. The molecule has 1 saturated heterocycles. The number of benzene rings is 1. The van der Waals surface area contributed by atoms with E-state index in [1.165, 1.54) is 4.63 Å². The number of fused-ring (bicyclic) bond motifs is 1. The van der Waals surface area contributed by atoms with Crippen molar-refractivity contribution in [2.45, 2.75) is 0 Å². The predicted molar refractivity (Wildman–Crippen MR) is 84.5 cm³/mol. The van der Waals surface area contributed by atoms with Crippen molar-refractivity contribution in [1.82, 2.24) is 25.3 Å². The molecule has 0 unspecified atom stereocenters. The van der Waals surface area contributed by atoms with Gasteiger partial charge < -0.3 is 9.80 Å². The summed E-state index contributed by atoms with van der Waals surface area (Å²) in [5.41, 5.74) is 1.74. The molecule has 22 heavy (non-hydrogen) atoms. The van der Waals surface area contributed by atoms with Crippen molar-refractivity contribution in [3.8, 4) is 0 Å². The van der Waals surface area contributed by atoms with E-state index in [0.29, 0.717) is 5.65 Å². The van der Waals surface area contributed by atoms with Crippen LogP contribution in [0.3, 0.4) is 0 Å². The zero-order valence-corrected chi connectivity index (χ0v) is 12.6. The van der Waals surface area contributed by atoms with Crippen LogP contribution in [0.5, 0.6) is 0 Å². The minimum Gasteiger partial charge on any atom is -0.367 e. The molecule has 0 aliphatic carbocycles. The minimum absolute atomic E-state index is 0.651. The van der Waals surface area contributed by atoms with Gasteiger partial charge in [-0.3, -0.25) is 0 Å². The summed E-state index contributed by atoms with van der Waals surface area (Å²) in [6.45, 7) is 3.57. The van der Waals surface area contributed by atoms with Gasteiger partial charge in [-0.15, -0.1) is 14.8 Å². The molecular formula is C14H14ClN7. The molecular weight excluding hydrogens is 302 g/mol. The van der Waals surface area contributed by atoms with Crippen LogP contribution in [-0.4, -0.2) is 51.4 Å². The lowest BCUT2D eigenvalue weighted by atomic mass is 10.2. The van der Waals surface area contributed by atoms with Crippen molar-refractivity contribution in [1.29, 1.82) is 0 Å². The Hall–Kier alpha value is -2.41. The van der Waals surface area contributed by atoms with Crippen molar-refractivity contribution in [2.75, 3.05) is 36.0 Å². The molecule has 2 aromatic heterocycles. The number of nitrogens with zero attached hydrogens (tertiary/aromatic N) is 7. The number of rotatable bonds is 2. The fourth-order valence-corrected chi connectivity index (χ4v) is 2.95. The molecule has 112 valence electrons. The van der Waals surface area contributed by atoms with Crippen LogP contribution < -0.4 is 9.80 Å². The Labute approximate surface area is 132 Å².